The van der Waals surface area contributed by atoms with Gasteiger partial charge in [0.25, 0.3) is 0 Å². The SMILES string of the molecule is Cc1ccc(S(=O)(=O)N(CC(=O)Nc2ccc(I)cc2)Cc2cccc(Cl)c2)cc1. The molecule has 3 aromatic rings. The van der Waals surface area contributed by atoms with E-state index in [4.69, 9.17) is 11.6 Å². The zero-order chi connectivity index (χ0) is 21.7. The van der Waals surface area contributed by atoms with Gasteiger partial charge in [0.2, 0.25) is 15.9 Å². The summed E-state index contributed by atoms with van der Waals surface area (Å²) < 4.78 is 28.8. The van der Waals surface area contributed by atoms with Gasteiger partial charge in [-0.1, -0.05) is 41.4 Å². The number of carbonyl (C=O) groups excluding carboxylic acids is 1. The smallest absolute Gasteiger partial charge is 0.243 e. The molecule has 0 unspecified atom stereocenters. The standard InChI is InChI=1S/C22H20ClIN2O3S/c1-16-5-11-21(12-6-16)30(28,29)26(14-17-3-2-4-18(23)13-17)15-22(27)25-20-9-7-19(24)8-10-20/h2-13H,14-15H2,1H3,(H,25,27). The molecule has 0 aliphatic rings. The highest BCUT2D eigenvalue weighted by atomic mass is 127. The number of hydrogen-bond donors (Lipinski definition) is 1. The van der Waals surface area contributed by atoms with E-state index in [0.717, 1.165) is 13.4 Å². The zero-order valence-corrected chi connectivity index (χ0v) is 19.9. The van der Waals surface area contributed by atoms with E-state index in [0.29, 0.717) is 16.3 Å². The monoisotopic (exact) mass is 554 g/mol. The summed E-state index contributed by atoms with van der Waals surface area (Å²) in [7, 11) is -3.89. The zero-order valence-electron chi connectivity index (χ0n) is 16.2. The third-order valence-electron chi connectivity index (χ3n) is 4.35. The van der Waals surface area contributed by atoms with Crippen molar-refractivity contribution in [3.05, 3.63) is 92.5 Å². The van der Waals surface area contributed by atoms with Gasteiger partial charge in [0.15, 0.2) is 0 Å². The van der Waals surface area contributed by atoms with E-state index < -0.39 is 15.9 Å². The molecular formula is C22H20ClIN2O3S. The molecule has 156 valence electrons. The molecule has 0 atom stereocenters. The van der Waals surface area contributed by atoms with Crippen molar-refractivity contribution < 1.29 is 13.2 Å². The first-order valence-corrected chi connectivity index (χ1v) is 12.0. The van der Waals surface area contributed by atoms with Crippen molar-refractivity contribution in [3.8, 4) is 0 Å². The minimum Gasteiger partial charge on any atom is -0.325 e. The minimum atomic E-state index is -3.89. The molecule has 0 aliphatic carbocycles. The second kappa shape index (κ2) is 9.91. The summed E-state index contributed by atoms with van der Waals surface area (Å²) in [6.45, 7) is 1.58. The summed E-state index contributed by atoms with van der Waals surface area (Å²) in [6.07, 6.45) is 0. The molecular weight excluding hydrogens is 535 g/mol. The number of benzene rings is 3. The molecule has 0 saturated carbocycles. The van der Waals surface area contributed by atoms with Gasteiger partial charge in [-0.2, -0.15) is 4.31 Å². The number of nitrogens with zero attached hydrogens (tertiary/aromatic N) is 1. The Labute approximate surface area is 195 Å². The van der Waals surface area contributed by atoms with Crippen LogP contribution in [0.25, 0.3) is 0 Å². The van der Waals surface area contributed by atoms with E-state index in [-0.39, 0.29) is 18.0 Å². The van der Waals surface area contributed by atoms with Crippen LogP contribution in [0.1, 0.15) is 11.1 Å². The molecule has 30 heavy (non-hydrogen) atoms. The Morgan fingerprint density at radius 1 is 1.03 bits per heavy atom. The Morgan fingerprint density at radius 3 is 2.33 bits per heavy atom. The van der Waals surface area contributed by atoms with Crippen LogP contribution in [0.4, 0.5) is 5.69 Å². The normalized spacial score (nSPS) is 11.5. The molecule has 0 saturated heterocycles. The molecule has 5 nitrogen and oxygen atoms in total. The van der Waals surface area contributed by atoms with Gasteiger partial charge in [0.05, 0.1) is 11.4 Å². The minimum absolute atomic E-state index is 0.0247. The summed E-state index contributed by atoms with van der Waals surface area (Å²) in [6, 6.07) is 20.8. The fourth-order valence-electron chi connectivity index (χ4n) is 2.82. The van der Waals surface area contributed by atoms with Crippen molar-refractivity contribution in [3.63, 3.8) is 0 Å². The fraction of sp³-hybridized carbons (Fsp3) is 0.136. The summed E-state index contributed by atoms with van der Waals surface area (Å²) in [4.78, 5) is 12.8. The molecule has 1 amide bonds. The van der Waals surface area contributed by atoms with E-state index in [1.165, 1.54) is 0 Å². The van der Waals surface area contributed by atoms with Crippen molar-refractivity contribution in [2.75, 3.05) is 11.9 Å². The van der Waals surface area contributed by atoms with Gasteiger partial charge in [-0.15, -0.1) is 0 Å². The van der Waals surface area contributed by atoms with Gasteiger partial charge in [0, 0.05) is 20.8 Å². The van der Waals surface area contributed by atoms with Crippen LogP contribution >= 0.6 is 34.2 Å². The predicted molar refractivity (Wildman–Crippen MR) is 128 cm³/mol. The summed E-state index contributed by atoms with van der Waals surface area (Å²) in [5, 5.41) is 3.26. The third-order valence-corrected chi connectivity index (χ3v) is 7.11. The maximum atomic E-state index is 13.3. The van der Waals surface area contributed by atoms with Crippen molar-refractivity contribution >= 4 is 55.8 Å². The highest BCUT2D eigenvalue weighted by molar-refractivity contribution is 14.1. The second-order valence-corrected chi connectivity index (χ2v) is 10.4. The van der Waals surface area contributed by atoms with E-state index in [2.05, 4.69) is 27.9 Å². The fourth-order valence-corrected chi connectivity index (χ4v) is 4.77. The number of nitrogens with one attached hydrogen (secondary N) is 1. The Morgan fingerprint density at radius 2 is 1.70 bits per heavy atom. The lowest BCUT2D eigenvalue weighted by Gasteiger charge is -2.22. The maximum absolute atomic E-state index is 13.3. The first kappa shape index (κ1) is 22.7. The molecule has 0 spiro atoms. The van der Waals surface area contributed by atoms with Crippen LogP contribution in [-0.4, -0.2) is 25.2 Å². The summed E-state index contributed by atoms with van der Waals surface area (Å²) in [5.41, 5.74) is 2.25. The van der Waals surface area contributed by atoms with Crippen LogP contribution in [0.2, 0.25) is 5.02 Å². The number of carbonyl (C=O) groups is 1. The van der Waals surface area contributed by atoms with E-state index in [9.17, 15) is 13.2 Å². The molecule has 0 aliphatic heterocycles. The second-order valence-electron chi connectivity index (χ2n) is 6.77. The highest BCUT2D eigenvalue weighted by Crippen LogP contribution is 2.21. The van der Waals surface area contributed by atoms with Gasteiger partial charge in [-0.05, 0) is 83.6 Å². The van der Waals surface area contributed by atoms with E-state index >= 15 is 0 Å². The Balaban J connectivity index is 1.87. The van der Waals surface area contributed by atoms with Gasteiger partial charge < -0.3 is 5.32 Å². The van der Waals surface area contributed by atoms with E-state index in [1.54, 1.807) is 60.7 Å². The number of amides is 1. The van der Waals surface area contributed by atoms with Gasteiger partial charge >= 0.3 is 0 Å². The van der Waals surface area contributed by atoms with Crippen LogP contribution in [-0.2, 0) is 21.4 Å². The average molecular weight is 555 g/mol. The average Bonchev–Trinajstić information content (AvgIpc) is 2.69. The summed E-state index contributed by atoms with van der Waals surface area (Å²) >= 11 is 8.23. The predicted octanol–water partition coefficient (Wildman–Crippen LogP) is 5.08. The van der Waals surface area contributed by atoms with Crippen molar-refractivity contribution in [1.29, 1.82) is 0 Å². The lowest BCUT2D eigenvalue weighted by molar-refractivity contribution is -0.116. The molecule has 0 bridgehead atoms. The van der Waals surface area contributed by atoms with Crippen LogP contribution < -0.4 is 5.32 Å². The first-order chi connectivity index (χ1) is 14.2. The van der Waals surface area contributed by atoms with Crippen molar-refractivity contribution in [1.82, 2.24) is 4.31 Å². The first-order valence-electron chi connectivity index (χ1n) is 9.11. The number of anilines is 1. The van der Waals surface area contributed by atoms with Crippen molar-refractivity contribution in [2.24, 2.45) is 0 Å². The highest BCUT2D eigenvalue weighted by Gasteiger charge is 2.27. The molecule has 0 fully saturated rings. The van der Waals surface area contributed by atoms with Gasteiger partial charge in [-0.25, -0.2) is 8.42 Å². The molecule has 8 heteroatoms. The third kappa shape index (κ3) is 6.04. The molecule has 3 rings (SSSR count). The number of halogens is 2. The topological polar surface area (TPSA) is 66.5 Å². The number of rotatable bonds is 7. The summed E-state index contributed by atoms with van der Waals surface area (Å²) in [5.74, 6) is -0.422. The lowest BCUT2D eigenvalue weighted by Crippen LogP contribution is -2.37. The quantitative estimate of drug-likeness (QED) is 0.414. The van der Waals surface area contributed by atoms with Gasteiger partial charge in [0.1, 0.15) is 0 Å². The molecule has 3 aromatic carbocycles. The van der Waals surface area contributed by atoms with Crippen LogP contribution in [0.15, 0.2) is 77.7 Å². The largest absolute Gasteiger partial charge is 0.325 e. The maximum Gasteiger partial charge on any atom is 0.243 e. The van der Waals surface area contributed by atoms with Crippen LogP contribution in [0.5, 0.6) is 0 Å². The van der Waals surface area contributed by atoms with Crippen LogP contribution in [0.3, 0.4) is 0 Å². The number of sulfonamides is 1. The molecule has 1 N–H and O–H groups in total. The Bertz CT molecular complexity index is 1130. The van der Waals surface area contributed by atoms with Crippen LogP contribution in [0, 0.1) is 10.5 Å². The molecule has 0 radical (unpaired) electrons. The van der Waals surface area contributed by atoms with Gasteiger partial charge in [-0.3, -0.25) is 4.79 Å². The number of aryl methyl sites for hydroxylation is 1. The Kier molecular flexibility index (Phi) is 7.51. The molecule has 0 heterocycles. The number of hydrogen-bond acceptors (Lipinski definition) is 3. The lowest BCUT2D eigenvalue weighted by atomic mass is 10.2. The van der Waals surface area contributed by atoms with E-state index in [1.807, 2.05) is 19.1 Å². The Hall–Kier alpha value is -1.94. The molecule has 0 aromatic heterocycles. The van der Waals surface area contributed by atoms with Crippen molar-refractivity contribution in [2.45, 2.75) is 18.4 Å².